The van der Waals surface area contributed by atoms with E-state index in [0.717, 1.165) is 35.5 Å². The van der Waals surface area contributed by atoms with Crippen molar-refractivity contribution < 1.29 is 0 Å². The van der Waals surface area contributed by atoms with Crippen molar-refractivity contribution >= 4 is 0 Å². The summed E-state index contributed by atoms with van der Waals surface area (Å²) in [4.78, 5) is 0. The van der Waals surface area contributed by atoms with E-state index in [1.165, 1.54) is 51.4 Å². The van der Waals surface area contributed by atoms with E-state index in [9.17, 15) is 0 Å². The number of hydrogen-bond donors (Lipinski definition) is 0. The molecule has 0 spiro atoms. The standard InChI is InChI=1S/C31H52/c1-28(16-5-6-17-28)23-10-9-22-11-12-24-25-13-14-27(29(2)18-7-8-19-29)30(25,3)20-15-26(24)31(22,4)21-23/h22-27H,5-21H2,1-4H3. The number of rotatable bonds is 2. The van der Waals surface area contributed by atoms with Crippen molar-refractivity contribution in [3.63, 3.8) is 0 Å². The molecule has 0 heterocycles. The second-order valence-electron chi connectivity index (χ2n) is 15.0. The summed E-state index contributed by atoms with van der Waals surface area (Å²) in [6, 6.07) is 0. The molecular formula is C31H52. The van der Waals surface area contributed by atoms with E-state index in [-0.39, 0.29) is 0 Å². The lowest BCUT2D eigenvalue weighted by Gasteiger charge is -2.63. The Morgan fingerprint density at radius 3 is 1.77 bits per heavy atom. The van der Waals surface area contributed by atoms with Gasteiger partial charge in [-0.1, -0.05) is 53.4 Å². The Hall–Kier alpha value is 0. The number of hydrogen-bond acceptors (Lipinski definition) is 0. The average molecular weight is 425 g/mol. The molecule has 6 saturated carbocycles. The van der Waals surface area contributed by atoms with Crippen molar-refractivity contribution in [2.75, 3.05) is 0 Å². The first-order chi connectivity index (χ1) is 14.8. The molecule has 8 atom stereocenters. The molecule has 0 saturated heterocycles. The first-order valence-corrected chi connectivity index (χ1v) is 14.8. The lowest BCUT2D eigenvalue weighted by atomic mass is 9.42. The molecule has 0 N–H and O–H groups in total. The Labute approximate surface area is 194 Å². The molecule has 0 nitrogen and oxygen atoms in total. The highest BCUT2D eigenvalue weighted by molar-refractivity contribution is 5.12. The maximum Gasteiger partial charge on any atom is -0.0261 e. The molecule has 0 aromatic carbocycles. The lowest BCUT2D eigenvalue weighted by molar-refractivity contribution is -0.137. The van der Waals surface area contributed by atoms with Gasteiger partial charge in [-0.25, -0.2) is 0 Å². The summed E-state index contributed by atoms with van der Waals surface area (Å²) in [5.41, 5.74) is 2.73. The predicted octanol–water partition coefficient (Wildman–Crippen LogP) is 9.42. The molecule has 0 aliphatic heterocycles. The fourth-order valence-corrected chi connectivity index (χ4v) is 12.2. The van der Waals surface area contributed by atoms with E-state index in [4.69, 9.17) is 0 Å². The highest BCUT2D eigenvalue weighted by atomic mass is 14.7. The third-order valence-corrected chi connectivity index (χ3v) is 13.9. The van der Waals surface area contributed by atoms with Crippen LogP contribution in [0.1, 0.15) is 137 Å². The zero-order valence-corrected chi connectivity index (χ0v) is 21.5. The molecule has 0 heteroatoms. The summed E-state index contributed by atoms with van der Waals surface area (Å²) in [6.07, 6.45) is 26.4. The van der Waals surface area contributed by atoms with Crippen LogP contribution in [-0.2, 0) is 0 Å². The van der Waals surface area contributed by atoms with Gasteiger partial charge in [0.25, 0.3) is 0 Å². The summed E-state index contributed by atoms with van der Waals surface area (Å²) in [5, 5.41) is 0. The molecule has 0 amide bonds. The molecule has 6 rings (SSSR count). The fraction of sp³-hybridized carbons (Fsp3) is 1.00. The second-order valence-corrected chi connectivity index (χ2v) is 15.0. The summed E-state index contributed by atoms with van der Waals surface area (Å²) in [5.74, 6) is 6.34. The van der Waals surface area contributed by atoms with Crippen molar-refractivity contribution in [1.82, 2.24) is 0 Å². The zero-order valence-electron chi connectivity index (χ0n) is 21.5. The molecule has 0 radical (unpaired) electrons. The van der Waals surface area contributed by atoms with Gasteiger partial charge in [0.15, 0.2) is 0 Å². The summed E-state index contributed by atoms with van der Waals surface area (Å²) < 4.78 is 0. The third kappa shape index (κ3) is 3.04. The maximum absolute atomic E-state index is 2.83. The van der Waals surface area contributed by atoms with Gasteiger partial charge in [-0.3, -0.25) is 0 Å². The first-order valence-electron chi connectivity index (χ1n) is 14.8. The van der Waals surface area contributed by atoms with E-state index in [0.29, 0.717) is 21.7 Å². The van der Waals surface area contributed by atoms with Crippen LogP contribution in [0.15, 0.2) is 0 Å². The third-order valence-electron chi connectivity index (χ3n) is 13.9. The highest BCUT2D eigenvalue weighted by Crippen LogP contribution is 2.71. The van der Waals surface area contributed by atoms with Crippen LogP contribution in [-0.4, -0.2) is 0 Å². The van der Waals surface area contributed by atoms with Crippen LogP contribution in [0.2, 0.25) is 0 Å². The topological polar surface area (TPSA) is 0 Å². The van der Waals surface area contributed by atoms with Gasteiger partial charge < -0.3 is 0 Å². The number of fused-ring (bicyclic) bond motifs is 5. The molecular weight excluding hydrogens is 372 g/mol. The molecule has 0 bridgehead atoms. The minimum atomic E-state index is 0.675. The average Bonchev–Trinajstić information content (AvgIpc) is 3.46. The molecule has 0 aromatic heterocycles. The van der Waals surface area contributed by atoms with Crippen molar-refractivity contribution in [2.45, 2.75) is 137 Å². The van der Waals surface area contributed by atoms with Gasteiger partial charge in [-0.15, -0.1) is 0 Å². The largest absolute Gasteiger partial charge is 0.0594 e. The van der Waals surface area contributed by atoms with Gasteiger partial charge in [-0.05, 0) is 141 Å². The molecule has 8 unspecified atom stereocenters. The Kier molecular flexibility index (Phi) is 5.03. The van der Waals surface area contributed by atoms with Crippen LogP contribution >= 0.6 is 0 Å². The molecule has 6 aliphatic carbocycles. The van der Waals surface area contributed by atoms with Crippen LogP contribution in [0.25, 0.3) is 0 Å². The second kappa shape index (κ2) is 7.25. The van der Waals surface area contributed by atoms with E-state index in [1.54, 1.807) is 57.8 Å². The monoisotopic (exact) mass is 424 g/mol. The molecule has 6 fully saturated rings. The SMILES string of the molecule is CC1(C2CCC3CCC4C(CCC5(C)C4CCC5C4(C)CCCC4)C3(C)C2)CCCC1. The van der Waals surface area contributed by atoms with Crippen LogP contribution in [0, 0.1) is 57.2 Å². The Morgan fingerprint density at radius 2 is 1.06 bits per heavy atom. The normalized spacial score (nSPS) is 53.0. The van der Waals surface area contributed by atoms with Crippen molar-refractivity contribution in [3.05, 3.63) is 0 Å². The van der Waals surface area contributed by atoms with Gasteiger partial charge in [-0.2, -0.15) is 0 Å². The predicted molar refractivity (Wildman–Crippen MR) is 132 cm³/mol. The summed E-state index contributed by atoms with van der Waals surface area (Å²) in [7, 11) is 0. The van der Waals surface area contributed by atoms with E-state index in [1.807, 2.05) is 0 Å². The van der Waals surface area contributed by atoms with Crippen molar-refractivity contribution in [2.24, 2.45) is 57.2 Å². The van der Waals surface area contributed by atoms with E-state index >= 15 is 0 Å². The quantitative estimate of drug-likeness (QED) is 0.414. The zero-order chi connectivity index (χ0) is 21.5. The molecule has 6 aliphatic rings. The van der Waals surface area contributed by atoms with Crippen molar-refractivity contribution in [1.29, 1.82) is 0 Å². The minimum Gasteiger partial charge on any atom is -0.0594 e. The van der Waals surface area contributed by atoms with Gasteiger partial charge in [0, 0.05) is 0 Å². The summed E-state index contributed by atoms with van der Waals surface area (Å²) in [6.45, 7) is 11.0. The smallest absolute Gasteiger partial charge is 0.0261 e. The van der Waals surface area contributed by atoms with Crippen LogP contribution in [0.5, 0.6) is 0 Å². The van der Waals surface area contributed by atoms with Gasteiger partial charge in [0.1, 0.15) is 0 Å². The van der Waals surface area contributed by atoms with Crippen LogP contribution in [0.3, 0.4) is 0 Å². The van der Waals surface area contributed by atoms with E-state index in [2.05, 4.69) is 27.7 Å². The fourth-order valence-electron chi connectivity index (χ4n) is 12.2. The highest BCUT2D eigenvalue weighted by Gasteiger charge is 2.63. The Morgan fingerprint density at radius 1 is 0.484 bits per heavy atom. The van der Waals surface area contributed by atoms with Crippen molar-refractivity contribution in [3.8, 4) is 0 Å². The molecule has 176 valence electrons. The van der Waals surface area contributed by atoms with Crippen LogP contribution < -0.4 is 0 Å². The Bertz CT molecular complexity index is 678. The summed E-state index contributed by atoms with van der Waals surface area (Å²) >= 11 is 0. The van der Waals surface area contributed by atoms with Gasteiger partial charge >= 0.3 is 0 Å². The van der Waals surface area contributed by atoms with Crippen LogP contribution in [0.4, 0.5) is 0 Å². The maximum atomic E-state index is 2.83. The minimum absolute atomic E-state index is 0.675. The van der Waals surface area contributed by atoms with E-state index < -0.39 is 0 Å². The Balaban J connectivity index is 1.26. The molecule has 0 aromatic rings. The van der Waals surface area contributed by atoms with Gasteiger partial charge in [0.2, 0.25) is 0 Å². The lowest BCUT2D eigenvalue weighted by Crippen LogP contribution is -2.55. The first kappa shape index (κ1) is 21.5. The molecule has 31 heavy (non-hydrogen) atoms. The van der Waals surface area contributed by atoms with Gasteiger partial charge in [0.05, 0.1) is 0 Å².